The van der Waals surface area contributed by atoms with Crippen LogP contribution in [0.1, 0.15) is 13.3 Å². The summed E-state index contributed by atoms with van der Waals surface area (Å²) in [6.45, 7) is 3.52. The lowest BCUT2D eigenvalue weighted by Gasteiger charge is -2.27. The molecule has 4 heteroatoms. The lowest BCUT2D eigenvalue weighted by molar-refractivity contribution is 0.0635. The molecule has 1 aliphatic rings. The summed E-state index contributed by atoms with van der Waals surface area (Å²) in [7, 11) is 2.01. The third kappa shape index (κ3) is 3.09. The van der Waals surface area contributed by atoms with Crippen molar-refractivity contribution in [3.8, 4) is 0 Å². The Kier molecular flexibility index (Phi) is 4.46. The first-order valence-electron chi connectivity index (χ1n) is 4.71. The predicted molar refractivity (Wildman–Crippen MR) is 53.2 cm³/mol. The van der Waals surface area contributed by atoms with Crippen LogP contribution in [0.4, 0.5) is 0 Å². The summed E-state index contributed by atoms with van der Waals surface area (Å²) < 4.78 is 5.45. The standard InChI is InChI=1S/C9H18ClNO2/c1-7-9(3-4-13-7)11(2)6-8(12)5-10/h7-9,12H,3-6H2,1-2H3. The molecule has 1 heterocycles. The lowest BCUT2D eigenvalue weighted by atomic mass is 10.1. The van der Waals surface area contributed by atoms with E-state index in [2.05, 4.69) is 11.8 Å². The molecule has 1 aliphatic heterocycles. The van der Waals surface area contributed by atoms with Gasteiger partial charge in [0.25, 0.3) is 0 Å². The van der Waals surface area contributed by atoms with Crippen LogP contribution in [0.5, 0.6) is 0 Å². The van der Waals surface area contributed by atoms with Crippen LogP contribution in [0.15, 0.2) is 0 Å². The van der Waals surface area contributed by atoms with E-state index in [1.807, 2.05) is 7.05 Å². The van der Waals surface area contributed by atoms with Gasteiger partial charge < -0.3 is 9.84 Å². The van der Waals surface area contributed by atoms with Crippen LogP contribution >= 0.6 is 11.6 Å². The van der Waals surface area contributed by atoms with Gasteiger partial charge in [-0.1, -0.05) is 0 Å². The van der Waals surface area contributed by atoms with Gasteiger partial charge in [0.1, 0.15) is 0 Å². The van der Waals surface area contributed by atoms with E-state index in [-0.39, 0.29) is 6.10 Å². The molecule has 3 unspecified atom stereocenters. The Labute approximate surface area is 84.6 Å². The second-order valence-electron chi connectivity index (χ2n) is 3.68. The van der Waals surface area contributed by atoms with Crippen molar-refractivity contribution in [1.29, 1.82) is 0 Å². The Morgan fingerprint density at radius 3 is 2.85 bits per heavy atom. The largest absolute Gasteiger partial charge is 0.391 e. The van der Waals surface area contributed by atoms with Gasteiger partial charge in [-0.2, -0.15) is 0 Å². The van der Waals surface area contributed by atoms with Gasteiger partial charge in [0.2, 0.25) is 0 Å². The first kappa shape index (κ1) is 11.2. The number of alkyl halides is 1. The minimum absolute atomic E-state index is 0.271. The number of hydrogen-bond donors (Lipinski definition) is 1. The quantitative estimate of drug-likeness (QED) is 0.689. The number of rotatable bonds is 4. The summed E-state index contributed by atoms with van der Waals surface area (Å²) >= 11 is 5.53. The fourth-order valence-electron chi connectivity index (χ4n) is 1.82. The summed E-state index contributed by atoms with van der Waals surface area (Å²) in [5.41, 5.74) is 0. The molecule has 0 amide bonds. The summed E-state index contributed by atoms with van der Waals surface area (Å²) in [4.78, 5) is 2.13. The smallest absolute Gasteiger partial charge is 0.0802 e. The average Bonchev–Trinajstić information content (AvgIpc) is 2.51. The van der Waals surface area contributed by atoms with Crippen LogP contribution in [0.2, 0.25) is 0 Å². The lowest BCUT2D eigenvalue weighted by Crippen LogP contribution is -2.41. The molecule has 13 heavy (non-hydrogen) atoms. The van der Waals surface area contributed by atoms with Crippen LogP contribution in [-0.4, -0.2) is 54.3 Å². The molecule has 3 nitrogen and oxygen atoms in total. The van der Waals surface area contributed by atoms with Gasteiger partial charge in [0.15, 0.2) is 0 Å². The highest BCUT2D eigenvalue weighted by atomic mass is 35.5. The Morgan fingerprint density at radius 2 is 2.38 bits per heavy atom. The number of aliphatic hydroxyl groups excluding tert-OH is 1. The second kappa shape index (κ2) is 5.15. The molecule has 0 spiro atoms. The van der Waals surface area contributed by atoms with Crippen LogP contribution in [0.25, 0.3) is 0 Å². The summed E-state index contributed by atoms with van der Waals surface area (Å²) in [5.74, 6) is 0.298. The molecule has 0 aromatic rings. The molecule has 1 fully saturated rings. The highest BCUT2D eigenvalue weighted by molar-refractivity contribution is 6.18. The molecule has 0 bridgehead atoms. The first-order chi connectivity index (χ1) is 6.15. The summed E-state index contributed by atoms with van der Waals surface area (Å²) in [5, 5.41) is 9.36. The van der Waals surface area contributed by atoms with E-state index in [9.17, 15) is 5.11 Å². The Bertz CT molecular complexity index is 157. The summed E-state index contributed by atoms with van der Waals surface area (Å²) in [6.07, 6.45) is 0.888. The van der Waals surface area contributed by atoms with E-state index in [1.54, 1.807) is 0 Å². The molecular weight excluding hydrogens is 190 g/mol. The van der Waals surface area contributed by atoms with Crippen molar-refractivity contribution in [3.63, 3.8) is 0 Å². The van der Waals surface area contributed by atoms with Crippen LogP contribution in [-0.2, 0) is 4.74 Å². The number of aliphatic hydroxyl groups is 1. The van der Waals surface area contributed by atoms with Crippen molar-refractivity contribution >= 4 is 11.6 Å². The summed E-state index contributed by atoms with van der Waals surface area (Å²) in [6, 6.07) is 0.429. The second-order valence-corrected chi connectivity index (χ2v) is 3.99. The van der Waals surface area contributed by atoms with Crippen molar-refractivity contribution in [1.82, 2.24) is 4.90 Å². The average molecular weight is 208 g/mol. The maximum absolute atomic E-state index is 9.36. The van der Waals surface area contributed by atoms with Gasteiger partial charge in [-0.25, -0.2) is 0 Å². The number of likely N-dealkylation sites (N-methyl/N-ethyl adjacent to an activating group) is 1. The molecule has 0 aliphatic carbocycles. The minimum Gasteiger partial charge on any atom is -0.391 e. The number of nitrogens with zero attached hydrogens (tertiary/aromatic N) is 1. The zero-order valence-electron chi connectivity index (χ0n) is 8.24. The predicted octanol–water partition coefficient (Wildman–Crippen LogP) is 0.695. The first-order valence-corrected chi connectivity index (χ1v) is 5.24. The normalized spacial score (nSPS) is 31.2. The monoisotopic (exact) mass is 207 g/mol. The third-order valence-corrected chi connectivity index (χ3v) is 2.94. The molecule has 78 valence electrons. The maximum Gasteiger partial charge on any atom is 0.0802 e. The fraction of sp³-hybridized carbons (Fsp3) is 1.00. The van der Waals surface area contributed by atoms with Gasteiger partial charge >= 0.3 is 0 Å². The van der Waals surface area contributed by atoms with Gasteiger partial charge in [0.05, 0.1) is 12.2 Å². The van der Waals surface area contributed by atoms with Crippen molar-refractivity contribution in [3.05, 3.63) is 0 Å². The van der Waals surface area contributed by atoms with Crippen molar-refractivity contribution in [2.45, 2.75) is 31.6 Å². The highest BCUT2D eigenvalue weighted by Crippen LogP contribution is 2.18. The van der Waals surface area contributed by atoms with Gasteiger partial charge in [0, 0.05) is 25.1 Å². The van der Waals surface area contributed by atoms with Crippen molar-refractivity contribution in [2.24, 2.45) is 0 Å². The molecule has 1 saturated heterocycles. The minimum atomic E-state index is -0.431. The zero-order chi connectivity index (χ0) is 9.84. The van der Waals surface area contributed by atoms with Crippen molar-refractivity contribution in [2.75, 3.05) is 26.1 Å². The molecule has 1 N–H and O–H groups in total. The Hall–Kier alpha value is 0.170. The van der Waals surface area contributed by atoms with E-state index < -0.39 is 6.10 Å². The van der Waals surface area contributed by atoms with E-state index in [1.165, 1.54) is 0 Å². The maximum atomic E-state index is 9.36. The number of hydrogen-bond acceptors (Lipinski definition) is 3. The van der Waals surface area contributed by atoms with E-state index >= 15 is 0 Å². The van der Waals surface area contributed by atoms with Crippen LogP contribution < -0.4 is 0 Å². The highest BCUT2D eigenvalue weighted by Gasteiger charge is 2.28. The molecule has 0 aromatic carbocycles. The van der Waals surface area contributed by atoms with Crippen LogP contribution in [0.3, 0.4) is 0 Å². The van der Waals surface area contributed by atoms with Gasteiger partial charge in [-0.15, -0.1) is 11.6 Å². The molecule has 3 atom stereocenters. The Morgan fingerprint density at radius 1 is 1.69 bits per heavy atom. The fourth-order valence-corrected chi connectivity index (χ4v) is 1.91. The zero-order valence-corrected chi connectivity index (χ0v) is 9.00. The van der Waals surface area contributed by atoms with E-state index in [0.717, 1.165) is 13.0 Å². The van der Waals surface area contributed by atoms with Gasteiger partial charge in [-0.05, 0) is 20.4 Å². The molecule has 0 radical (unpaired) electrons. The molecule has 0 saturated carbocycles. The third-order valence-electron chi connectivity index (χ3n) is 2.58. The van der Waals surface area contributed by atoms with Crippen molar-refractivity contribution < 1.29 is 9.84 Å². The molecule has 0 aromatic heterocycles. The van der Waals surface area contributed by atoms with E-state index in [0.29, 0.717) is 18.5 Å². The molecule has 1 rings (SSSR count). The SMILES string of the molecule is CC1OCCC1N(C)CC(O)CCl. The Balaban J connectivity index is 2.33. The number of ether oxygens (including phenoxy) is 1. The topological polar surface area (TPSA) is 32.7 Å². The number of halogens is 1. The van der Waals surface area contributed by atoms with Crippen LogP contribution in [0, 0.1) is 0 Å². The van der Waals surface area contributed by atoms with Gasteiger partial charge in [-0.3, -0.25) is 4.90 Å². The van der Waals surface area contributed by atoms with E-state index in [4.69, 9.17) is 16.3 Å². The molecular formula is C9H18ClNO2.